The molecule has 166 valence electrons. The van der Waals surface area contributed by atoms with Gasteiger partial charge in [-0.15, -0.1) is 11.3 Å². The van der Waals surface area contributed by atoms with E-state index in [1.807, 2.05) is 40.4 Å². The zero-order valence-corrected chi connectivity index (χ0v) is 18.6. The van der Waals surface area contributed by atoms with E-state index in [0.717, 1.165) is 36.9 Å². The fraction of sp³-hybridized carbons (Fsp3) is 0.375. The van der Waals surface area contributed by atoms with Gasteiger partial charge in [0.2, 0.25) is 0 Å². The van der Waals surface area contributed by atoms with E-state index in [4.69, 9.17) is 9.47 Å². The molecule has 32 heavy (non-hydrogen) atoms. The van der Waals surface area contributed by atoms with Crippen LogP contribution in [0.25, 0.3) is 6.08 Å². The number of anilines is 1. The largest absolute Gasteiger partial charge is 0.348 e. The molecule has 0 atom stereocenters. The molecule has 1 aliphatic carbocycles. The minimum Gasteiger partial charge on any atom is -0.348 e. The zero-order chi connectivity index (χ0) is 21.8. The number of hydrogen-bond donors (Lipinski definition) is 1. The molecule has 8 heteroatoms. The molecule has 1 amide bonds. The highest BCUT2D eigenvalue weighted by atomic mass is 32.1. The summed E-state index contributed by atoms with van der Waals surface area (Å²) in [5.41, 5.74) is 2.55. The molecule has 3 aromatic heterocycles. The highest BCUT2D eigenvalue weighted by Gasteiger charge is 2.39. The van der Waals surface area contributed by atoms with Crippen LogP contribution in [0.2, 0.25) is 0 Å². The summed E-state index contributed by atoms with van der Waals surface area (Å²) in [5.74, 6) is 0.0185. The van der Waals surface area contributed by atoms with Gasteiger partial charge in [-0.2, -0.15) is 0 Å². The van der Waals surface area contributed by atoms with Crippen molar-refractivity contribution < 1.29 is 14.3 Å². The summed E-state index contributed by atoms with van der Waals surface area (Å²) < 4.78 is 13.5. The Morgan fingerprint density at radius 1 is 1.22 bits per heavy atom. The summed E-state index contributed by atoms with van der Waals surface area (Å²) in [6.45, 7) is 2.04. The van der Waals surface area contributed by atoms with Crippen molar-refractivity contribution in [3.8, 4) is 0 Å². The highest BCUT2D eigenvalue weighted by molar-refractivity contribution is 7.14. The predicted molar refractivity (Wildman–Crippen MR) is 123 cm³/mol. The Balaban J connectivity index is 1.17. The molecule has 5 rings (SSSR count). The molecule has 0 unspecified atom stereocenters. The van der Waals surface area contributed by atoms with Gasteiger partial charge in [0.25, 0.3) is 5.91 Å². The van der Waals surface area contributed by atoms with Crippen molar-refractivity contribution in [2.24, 2.45) is 5.92 Å². The first-order valence-corrected chi connectivity index (χ1v) is 11.8. The van der Waals surface area contributed by atoms with E-state index in [2.05, 4.69) is 27.4 Å². The summed E-state index contributed by atoms with van der Waals surface area (Å²) in [7, 11) is 0. The average Bonchev–Trinajstić information content (AvgIpc) is 3.56. The molecule has 1 spiro atoms. The van der Waals surface area contributed by atoms with Crippen molar-refractivity contribution in [3.63, 3.8) is 0 Å². The van der Waals surface area contributed by atoms with Crippen molar-refractivity contribution in [2.45, 2.75) is 38.0 Å². The molecular weight excluding hydrogens is 424 g/mol. The number of pyridine rings is 1. The molecular formula is C24H26N4O3S. The summed E-state index contributed by atoms with van der Waals surface area (Å²) in [4.78, 5) is 21.4. The minimum absolute atomic E-state index is 0.164. The molecule has 0 aromatic carbocycles. The van der Waals surface area contributed by atoms with Crippen LogP contribution in [-0.2, 0) is 16.0 Å². The van der Waals surface area contributed by atoms with Crippen molar-refractivity contribution in [1.29, 1.82) is 0 Å². The van der Waals surface area contributed by atoms with Crippen molar-refractivity contribution in [3.05, 3.63) is 71.3 Å². The van der Waals surface area contributed by atoms with Crippen molar-refractivity contribution in [2.75, 3.05) is 18.5 Å². The van der Waals surface area contributed by atoms with Gasteiger partial charge in [-0.1, -0.05) is 6.08 Å². The third-order valence-corrected chi connectivity index (χ3v) is 6.83. The standard InChI is InChI=1S/C24H26N4O3S/c29-22(21-2-1-13-28(21)16-19-7-11-25-12-8-19)27-23-26-20(17-32-23)4-3-18-5-9-24(10-6-18)30-14-15-31-24/h1-4,7-8,11-13,17-18H,5-6,9-10,14-16H2,(H,26,27,29)/b4-3+. The van der Waals surface area contributed by atoms with Gasteiger partial charge in [-0.25, -0.2) is 4.98 Å². The Labute approximate surface area is 191 Å². The zero-order valence-electron chi connectivity index (χ0n) is 17.8. The molecule has 1 saturated carbocycles. The van der Waals surface area contributed by atoms with Crippen LogP contribution in [0.1, 0.15) is 47.4 Å². The first-order chi connectivity index (χ1) is 15.7. The Kier molecular flexibility index (Phi) is 6.16. The van der Waals surface area contributed by atoms with Crippen LogP contribution >= 0.6 is 11.3 Å². The van der Waals surface area contributed by atoms with E-state index in [-0.39, 0.29) is 11.7 Å². The number of thiazole rings is 1. The van der Waals surface area contributed by atoms with E-state index in [9.17, 15) is 4.79 Å². The maximum Gasteiger partial charge on any atom is 0.274 e. The molecule has 3 aromatic rings. The Morgan fingerprint density at radius 2 is 2.00 bits per heavy atom. The van der Waals surface area contributed by atoms with Gasteiger partial charge in [0.1, 0.15) is 5.69 Å². The summed E-state index contributed by atoms with van der Waals surface area (Å²) >= 11 is 1.44. The second-order valence-corrected chi connectivity index (χ2v) is 9.07. The number of rotatable bonds is 6. The molecule has 2 aliphatic rings. The highest BCUT2D eigenvalue weighted by Crippen LogP contribution is 2.38. The number of hydrogen-bond acceptors (Lipinski definition) is 6. The molecule has 0 bridgehead atoms. The quantitative estimate of drug-likeness (QED) is 0.594. The predicted octanol–water partition coefficient (Wildman–Crippen LogP) is 4.59. The van der Waals surface area contributed by atoms with E-state index in [1.54, 1.807) is 12.4 Å². The lowest BCUT2D eigenvalue weighted by Crippen LogP contribution is -2.34. The molecule has 1 N–H and O–H groups in total. The first kappa shape index (κ1) is 21.1. The normalized spacial score (nSPS) is 18.5. The Morgan fingerprint density at radius 3 is 2.78 bits per heavy atom. The number of nitrogens with one attached hydrogen (secondary N) is 1. The lowest BCUT2D eigenvalue weighted by molar-refractivity contribution is -0.180. The maximum absolute atomic E-state index is 12.8. The fourth-order valence-corrected chi connectivity index (χ4v) is 4.99. The molecule has 7 nitrogen and oxygen atoms in total. The van der Waals surface area contributed by atoms with Gasteiger partial charge in [0.05, 0.1) is 18.9 Å². The van der Waals surface area contributed by atoms with Crippen LogP contribution in [0.5, 0.6) is 0 Å². The van der Waals surface area contributed by atoms with E-state index in [1.165, 1.54) is 11.3 Å². The van der Waals surface area contributed by atoms with Crippen LogP contribution in [0.3, 0.4) is 0 Å². The topological polar surface area (TPSA) is 78.3 Å². The SMILES string of the molecule is O=C(Nc1nc(/C=C/C2CCC3(CC2)OCCO3)cs1)c1cccn1Cc1ccncc1. The van der Waals surface area contributed by atoms with Gasteiger partial charge in [0.15, 0.2) is 10.9 Å². The first-order valence-electron chi connectivity index (χ1n) is 11.0. The van der Waals surface area contributed by atoms with Crippen LogP contribution in [0, 0.1) is 5.92 Å². The van der Waals surface area contributed by atoms with Crippen molar-refractivity contribution in [1.82, 2.24) is 14.5 Å². The Bertz CT molecular complexity index is 1080. The van der Waals surface area contributed by atoms with Gasteiger partial charge < -0.3 is 14.0 Å². The molecule has 0 radical (unpaired) electrons. The molecule has 4 heterocycles. The lowest BCUT2D eigenvalue weighted by atomic mass is 9.85. The number of carbonyl (C=O) groups excluding carboxylic acids is 1. The van der Waals surface area contributed by atoms with Crippen LogP contribution in [0.15, 0.2) is 54.3 Å². The van der Waals surface area contributed by atoms with Crippen LogP contribution in [-0.4, -0.2) is 39.4 Å². The smallest absolute Gasteiger partial charge is 0.274 e. The third-order valence-electron chi connectivity index (χ3n) is 6.05. The number of allylic oxidation sites excluding steroid dienone is 1. The maximum atomic E-state index is 12.8. The molecule has 2 fully saturated rings. The molecule has 1 saturated heterocycles. The number of nitrogens with zero attached hydrogens (tertiary/aromatic N) is 3. The summed E-state index contributed by atoms with van der Waals surface area (Å²) in [6, 6.07) is 7.59. The lowest BCUT2D eigenvalue weighted by Gasteiger charge is -2.34. The summed E-state index contributed by atoms with van der Waals surface area (Å²) in [6.07, 6.45) is 13.7. The van der Waals surface area contributed by atoms with E-state index in [0.29, 0.717) is 36.5 Å². The van der Waals surface area contributed by atoms with E-state index >= 15 is 0 Å². The third kappa shape index (κ3) is 4.82. The number of ether oxygens (including phenoxy) is 2. The summed E-state index contributed by atoms with van der Waals surface area (Å²) in [5, 5.41) is 5.50. The minimum atomic E-state index is -0.322. The van der Waals surface area contributed by atoms with Gasteiger partial charge in [0, 0.05) is 43.4 Å². The average molecular weight is 451 g/mol. The van der Waals surface area contributed by atoms with Crippen LogP contribution < -0.4 is 5.32 Å². The van der Waals surface area contributed by atoms with Gasteiger partial charge in [-0.05, 0) is 54.7 Å². The second kappa shape index (κ2) is 9.36. The van der Waals surface area contributed by atoms with Crippen LogP contribution in [0.4, 0.5) is 5.13 Å². The Hall–Kier alpha value is -2.81. The monoisotopic (exact) mass is 450 g/mol. The van der Waals surface area contributed by atoms with Gasteiger partial charge in [-0.3, -0.25) is 15.1 Å². The number of aromatic nitrogens is 3. The number of carbonyl (C=O) groups is 1. The van der Waals surface area contributed by atoms with Gasteiger partial charge >= 0.3 is 0 Å². The molecule has 1 aliphatic heterocycles. The van der Waals surface area contributed by atoms with E-state index < -0.39 is 0 Å². The fourth-order valence-electron chi connectivity index (χ4n) is 4.32. The van der Waals surface area contributed by atoms with Crippen molar-refractivity contribution >= 4 is 28.5 Å². The number of amides is 1. The second-order valence-electron chi connectivity index (χ2n) is 8.21.